The molecule has 25 heavy (non-hydrogen) atoms. The van der Waals surface area contributed by atoms with Gasteiger partial charge < -0.3 is 4.74 Å². The second kappa shape index (κ2) is 7.05. The smallest absolute Gasteiger partial charge is 0.343 e. The molecule has 0 N–H and O–H groups in total. The fourth-order valence-corrected chi connectivity index (χ4v) is 4.22. The lowest BCUT2D eigenvalue weighted by molar-refractivity contribution is 0.0734. The van der Waals surface area contributed by atoms with Crippen LogP contribution in [0.2, 0.25) is 0 Å². The van der Waals surface area contributed by atoms with Gasteiger partial charge in [-0.25, -0.2) is 13.2 Å². The number of nitriles is 1. The van der Waals surface area contributed by atoms with Gasteiger partial charge in [0.05, 0.1) is 22.1 Å². The number of sulfonamides is 1. The van der Waals surface area contributed by atoms with Crippen LogP contribution in [0.5, 0.6) is 5.75 Å². The summed E-state index contributed by atoms with van der Waals surface area (Å²) >= 11 is 0. The standard InChI is InChI=1S/C18H16N2O4S/c19-13-14-5-3-7-16(11-14)24-18(21)15-6-4-8-17(12-15)25(22,23)20-9-1-2-10-20/h3-8,11-12H,1-2,9-10H2. The molecular formula is C18H16N2O4S. The number of hydrogen-bond donors (Lipinski definition) is 0. The van der Waals surface area contributed by atoms with E-state index in [1.54, 1.807) is 18.2 Å². The van der Waals surface area contributed by atoms with Gasteiger partial charge in [-0.1, -0.05) is 12.1 Å². The highest BCUT2D eigenvalue weighted by Gasteiger charge is 2.27. The van der Waals surface area contributed by atoms with E-state index >= 15 is 0 Å². The third kappa shape index (κ3) is 3.71. The molecule has 0 radical (unpaired) electrons. The maximum Gasteiger partial charge on any atom is 0.343 e. The van der Waals surface area contributed by atoms with E-state index in [9.17, 15) is 13.2 Å². The fourth-order valence-electron chi connectivity index (χ4n) is 2.66. The molecule has 0 amide bonds. The second-order valence-electron chi connectivity index (χ2n) is 5.67. The van der Waals surface area contributed by atoms with Gasteiger partial charge in [-0.15, -0.1) is 0 Å². The summed E-state index contributed by atoms with van der Waals surface area (Å²) in [6.07, 6.45) is 1.69. The lowest BCUT2D eigenvalue weighted by Gasteiger charge is -2.15. The first kappa shape index (κ1) is 17.1. The lowest BCUT2D eigenvalue weighted by Crippen LogP contribution is -2.28. The molecule has 1 aliphatic heterocycles. The Morgan fingerprint density at radius 3 is 2.52 bits per heavy atom. The minimum atomic E-state index is -3.60. The van der Waals surface area contributed by atoms with E-state index in [1.165, 1.54) is 34.6 Å². The zero-order valence-electron chi connectivity index (χ0n) is 13.4. The SMILES string of the molecule is N#Cc1cccc(OC(=O)c2cccc(S(=O)(=O)N3CCCC3)c2)c1. The van der Waals surface area contributed by atoms with Gasteiger partial charge in [-0.05, 0) is 49.2 Å². The van der Waals surface area contributed by atoms with E-state index in [1.807, 2.05) is 6.07 Å². The maximum absolute atomic E-state index is 12.6. The fraction of sp³-hybridized carbons (Fsp3) is 0.222. The van der Waals surface area contributed by atoms with Crippen molar-refractivity contribution in [3.05, 3.63) is 59.7 Å². The van der Waals surface area contributed by atoms with Crippen molar-refractivity contribution in [2.45, 2.75) is 17.7 Å². The van der Waals surface area contributed by atoms with E-state index in [0.717, 1.165) is 12.8 Å². The number of benzene rings is 2. The molecule has 2 aromatic rings. The molecule has 0 unspecified atom stereocenters. The Bertz CT molecular complexity index is 942. The number of hydrogen-bond acceptors (Lipinski definition) is 5. The van der Waals surface area contributed by atoms with Crippen LogP contribution in [0.3, 0.4) is 0 Å². The summed E-state index contributed by atoms with van der Waals surface area (Å²) in [6.45, 7) is 0.996. The Hall–Kier alpha value is -2.69. The quantitative estimate of drug-likeness (QED) is 0.621. The van der Waals surface area contributed by atoms with Crippen LogP contribution in [0.15, 0.2) is 53.4 Å². The summed E-state index contributed by atoms with van der Waals surface area (Å²) in [5.41, 5.74) is 0.512. The van der Waals surface area contributed by atoms with Crippen molar-refractivity contribution in [2.75, 3.05) is 13.1 Å². The van der Waals surface area contributed by atoms with Crippen LogP contribution in [0, 0.1) is 11.3 Å². The minimum Gasteiger partial charge on any atom is -0.423 e. The largest absolute Gasteiger partial charge is 0.423 e. The van der Waals surface area contributed by atoms with Crippen molar-refractivity contribution in [1.29, 1.82) is 5.26 Å². The average molecular weight is 356 g/mol. The van der Waals surface area contributed by atoms with Crippen LogP contribution >= 0.6 is 0 Å². The van der Waals surface area contributed by atoms with E-state index in [0.29, 0.717) is 18.7 Å². The van der Waals surface area contributed by atoms with Crippen LogP contribution in [-0.2, 0) is 10.0 Å². The first-order valence-electron chi connectivity index (χ1n) is 7.83. The summed E-state index contributed by atoms with van der Waals surface area (Å²) in [6, 6.07) is 14.0. The molecule has 1 fully saturated rings. The molecule has 7 heteroatoms. The van der Waals surface area contributed by atoms with E-state index < -0.39 is 16.0 Å². The van der Waals surface area contributed by atoms with Gasteiger partial charge in [-0.2, -0.15) is 9.57 Å². The van der Waals surface area contributed by atoms with Gasteiger partial charge in [0.1, 0.15) is 5.75 Å². The van der Waals surface area contributed by atoms with Crippen LogP contribution in [0.4, 0.5) is 0 Å². The van der Waals surface area contributed by atoms with Crippen LogP contribution in [0.25, 0.3) is 0 Å². The topological polar surface area (TPSA) is 87.5 Å². The molecule has 0 atom stereocenters. The van der Waals surface area contributed by atoms with Gasteiger partial charge in [0.2, 0.25) is 10.0 Å². The van der Waals surface area contributed by atoms with Crippen LogP contribution in [0.1, 0.15) is 28.8 Å². The second-order valence-corrected chi connectivity index (χ2v) is 7.61. The van der Waals surface area contributed by atoms with Crippen molar-refractivity contribution < 1.29 is 17.9 Å². The Balaban J connectivity index is 1.83. The summed E-state index contributed by atoms with van der Waals surface area (Å²) in [4.78, 5) is 12.4. The van der Waals surface area contributed by atoms with Crippen molar-refractivity contribution in [1.82, 2.24) is 4.31 Å². The Morgan fingerprint density at radius 2 is 1.80 bits per heavy atom. The molecule has 0 aromatic heterocycles. The highest BCUT2D eigenvalue weighted by Crippen LogP contribution is 2.22. The average Bonchev–Trinajstić information content (AvgIpc) is 3.17. The Labute approximate surface area is 146 Å². The molecule has 0 aliphatic carbocycles. The summed E-state index contributed by atoms with van der Waals surface area (Å²) in [5, 5.41) is 8.88. The zero-order chi connectivity index (χ0) is 17.9. The number of esters is 1. The maximum atomic E-state index is 12.6. The molecule has 1 aliphatic rings. The first-order chi connectivity index (χ1) is 12.0. The van der Waals surface area contributed by atoms with E-state index in [2.05, 4.69) is 0 Å². The van der Waals surface area contributed by atoms with Crippen molar-refractivity contribution in [3.8, 4) is 11.8 Å². The van der Waals surface area contributed by atoms with E-state index in [-0.39, 0.29) is 16.2 Å². The third-order valence-corrected chi connectivity index (χ3v) is 5.84. The monoisotopic (exact) mass is 356 g/mol. The predicted molar refractivity (Wildman–Crippen MR) is 90.6 cm³/mol. The van der Waals surface area contributed by atoms with Crippen LogP contribution in [-0.4, -0.2) is 31.8 Å². The molecule has 0 spiro atoms. The molecule has 6 nitrogen and oxygen atoms in total. The highest BCUT2D eigenvalue weighted by atomic mass is 32.2. The summed E-state index contributed by atoms with van der Waals surface area (Å²) in [5.74, 6) is -0.439. The molecule has 0 saturated carbocycles. The predicted octanol–water partition coefficient (Wildman–Crippen LogP) is 2.56. The van der Waals surface area contributed by atoms with Gasteiger partial charge in [0.25, 0.3) is 0 Å². The van der Waals surface area contributed by atoms with Gasteiger partial charge in [0.15, 0.2) is 0 Å². The van der Waals surface area contributed by atoms with Crippen molar-refractivity contribution in [3.63, 3.8) is 0 Å². The van der Waals surface area contributed by atoms with Crippen molar-refractivity contribution >= 4 is 16.0 Å². The normalized spacial score (nSPS) is 14.8. The number of ether oxygens (including phenoxy) is 1. The minimum absolute atomic E-state index is 0.0784. The number of nitrogens with zero attached hydrogens (tertiary/aromatic N) is 2. The van der Waals surface area contributed by atoms with Gasteiger partial charge in [-0.3, -0.25) is 0 Å². The molecule has 1 heterocycles. The number of carbonyl (C=O) groups excluding carboxylic acids is 1. The molecular weight excluding hydrogens is 340 g/mol. The summed E-state index contributed by atoms with van der Waals surface area (Å²) < 4.78 is 31.8. The molecule has 2 aromatic carbocycles. The third-order valence-electron chi connectivity index (χ3n) is 3.95. The molecule has 3 rings (SSSR count). The Kier molecular flexibility index (Phi) is 4.83. The van der Waals surface area contributed by atoms with Gasteiger partial charge >= 0.3 is 5.97 Å². The van der Waals surface area contributed by atoms with Crippen molar-refractivity contribution in [2.24, 2.45) is 0 Å². The Morgan fingerprint density at radius 1 is 1.08 bits per heavy atom. The molecule has 128 valence electrons. The molecule has 0 bridgehead atoms. The van der Waals surface area contributed by atoms with E-state index in [4.69, 9.17) is 10.00 Å². The molecule has 1 saturated heterocycles. The summed E-state index contributed by atoms with van der Waals surface area (Å²) in [7, 11) is -3.60. The van der Waals surface area contributed by atoms with Crippen LogP contribution < -0.4 is 4.74 Å². The zero-order valence-corrected chi connectivity index (χ0v) is 14.2. The first-order valence-corrected chi connectivity index (χ1v) is 9.27. The lowest BCUT2D eigenvalue weighted by atomic mass is 10.2. The number of rotatable bonds is 4. The number of carbonyl (C=O) groups is 1. The highest BCUT2D eigenvalue weighted by molar-refractivity contribution is 7.89. The van der Waals surface area contributed by atoms with Gasteiger partial charge in [0, 0.05) is 13.1 Å².